The lowest BCUT2D eigenvalue weighted by Crippen LogP contribution is -2.60. The minimum atomic E-state index is -0.663. The summed E-state index contributed by atoms with van der Waals surface area (Å²) in [5.41, 5.74) is -2.19. The van der Waals surface area contributed by atoms with Crippen LogP contribution in [0.15, 0.2) is 0 Å². The molecule has 9 unspecified atom stereocenters. The zero-order chi connectivity index (χ0) is 26.4. The van der Waals surface area contributed by atoms with Crippen LogP contribution in [-0.2, 0) is 28.6 Å². The molecule has 0 aromatic rings. The quantitative estimate of drug-likeness (QED) is 0.391. The molecule has 7 saturated carbocycles. The van der Waals surface area contributed by atoms with Crippen molar-refractivity contribution in [1.29, 1.82) is 0 Å². The van der Waals surface area contributed by atoms with E-state index < -0.39 is 34.1 Å². The number of ether oxygens (including phenoxy) is 3. The molecule has 0 amide bonds. The van der Waals surface area contributed by atoms with Crippen molar-refractivity contribution in [1.82, 2.24) is 0 Å². The Morgan fingerprint density at radius 3 is 2.22 bits per heavy atom. The highest BCUT2D eigenvalue weighted by molar-refractivity contribution is 5.79. The molecule has 6 bridgehead atoms. The summed E-state index contributed by atoms with van der Waals surface area (Å²) < 4.78 is 17.7. The van der Waals surface area contributed by atoms with Gasteiger partial charge in [0.15, 0.2) is 0 Å². The van der Waals surface area contributed by atoms with E-state index in [2.05, 4.69) is 0 Å². The van der Waals surface area contributed by atoms with E-state index in [4.69, 9.17) is 14.2 Å². The molecule has 1 N–H and O–H groups in total. The van der Waals surface area contributed by atoms with E-state index in [0.29, 0.717) is 42.9 Å². The number of aliphatic hydroxyl groups is 1. The summed E-state index contributed by atoms with van der Waals surface area (Å²) in [7, 11) is 1.45. The van der Waals surface area contributed by atoms with Gasteiger partial charge in [0.25, 0.3) is 0 Å². The third kappa shape index (κ3) is 4.13. The van der Waals surface area contributed by atoms with Crippen LogP contribution in [0, 0.1) is 46.8 Å². The largest absolute Gasteiger partial charge is 0.469 e. The number of rotatable bonds is 7. The molecule has 0 radical (unpaired) electrons. The molecule has 0 aromatic carbocycles. The highest BCUT2D eigenvalue weighted by atomic mass is 16.6. The van der Waals surface area contributed by atoms with Crippen molar-refractivity contribution >= 4 is 17.9 Å². The topological polar surface area (TPSA) is 99.1 Å². The van der Waals surface area contributed by atoms with Gasteiger partial charge in [0.2, 0.25) is 0 Å². The monoisotopic (exact) mass is 516 g/mol. The van der Waals surface area contributed by atoms with Gasteiger partial charge in [-0.2, -0.15) is 0 Å². The van der Waals surface area contributed by atoms with E-state index in [-0.39, 0.29) is 23.8 Å². The standard InChI is InChI=1S/C30H44O7/c1-17(24(31)36-29-11-19-8-20(12-29)10-28(9-19,16-29)26(33)35-4)7-18(2)25(32)37-30-6-5-21(13-30)22-14-27(3,34)15-23(22)30/h17-23,34H,5-16H2,1-4H3. The van der Waals surface area contributed by atoms with E-state index in [0.717, 1.165) is 57.8 Å². The maximum Gasteiger partial charge on any atom is 0.311 e. The predicted molar refractivity (Wildman–Crippen MR) is 134 cm³/mol. The zero-order valence-electron chi connectivity index (χ0n) is 22.9. The molecule has 7 nitrogen and oxygen atoms in total. The Hall–Kier alpha value is -1.63. The number of carbonyl (C=O) groups is 3. The van der Waals surface area contributed by atoms with Crippen molar-refractivity contribution in [2.24, 2.45) is 46.8 Å². The van der Waals surface area contributed by atoms with Gasteiger partial charge in [-0.1, -0.05) is 13.8 Å². The number of hydrogen-bond donors (Lipinski definition) is 1. The van der Waals surface area contributed by atoms with Crippen molar-refractivity contribution in [2.75, 3.05) is 7.11 Å². The van der Waals surface area contributed by atoms with E-state index in [1.54, 1.807) is 0 Å². The molecule has 0 heterocycles. The van der Waals surface area contributed by atoms with E-state index >= 15 is 0 Å². The van der Waals surface area contributed by atoms with Crippen LogP contribution in [0.4, 0.5) is 0 Å². The second-order valence-corrected chi connectivity index (χ2v) is 14.5. The fourth-order valence-corrected chi connectivity index (χ4v) is 10.5. The van der Waals surface area contributed by atoms with Crippen LogP contribution in [0.5, 0.6) is 0 Å². The molecule has 7 aliphatic rings. The predicted octanol–water partition coefficient (Wildman–Crippen LogP) is 4.58. The molecular formula is C30H44O7. The molecule has 206 valence electrons. The smallest absolute Gasteiger partial charge is 0.311 e. The molecule has 7 heteroatoms. The number of esters is 3. The first kappa shape index (κ1) is 25.6. The van der Waals surface area contributed by atoms with Gasteiger partial charge in [-0.05, 0) is 101 Å². The minimum Gasteiger partial charge on any atom is -0.469 e. The van der Waals surface area contributed by atoms with Crippen LogP contribution in [-0.4, -0.2) is 46.9 Å². The fourth-order valence-electron chi connectivity index (χ4n) is 10.5. The Balaban J connectivity index is 1.07. The van der Waals surface area contributed by atoms with Gasteiger partial charge in [-0.15, -0.1) is 0 Å². The van der Waals surface area contributed by atoms with Gasteiger partial charge in [-0.3, -0.25) is 14.4 Å². The molecule has 0 spiro atoms. The van der Waals surface area contributed by atoms with Gasteiger partial charge in [0.05, 0.1) is 30.0 Å². The molecule has 0 aliphatic heterocycles. The fraction of sp³-hybridized carbons (Fsp3) is 0.900. The van der Waals surface area contributed by atoms with Crippen molar-refractivity contribution in [3.8, 4) is 0 Å². The van der Waals surface area contributed by atoms with Crippen LogP contribution < -0.4 is 0 Å². The molecule has 7 aliphatic carbocycles. The van der Waals surface area contributed by atoms with Crippen molar-refractivity contribution in [3.63, 3.8) is 0 Å². The number of carbonyl (C=O) groups excluding carboxylic acids is 3. The van der Waals surface area contributed by atoms with E-state index in [1.165, 1.54) is 7.11 Å². The van der Waals surface area contributed by atoms with Crippen LogP contribution in [0.3, 0.4) is 0 Å². The normalized spacial score (nSPS) is 48.4. The van der Waals surface area contributed by atoms with Gasteiger partial charge < -0.3 is 19.3 Å². The Morgan fingerprint density at radius 2 is 1.57 bits per heavy atom. The third-order valence-corrected chi connectivity index (χ3v) is 11.4. The highest BCUT2D eigenvalue weighted by Crippen LogP contribution is 2.65. The number of methoxy groups -OCH3 is 1. The number of hydrogen-bond acceptors (Lipinski definition) is 7. The second-order valence-electron chi connectivity index (χ2n) is 14.5. The van der Waals surface area contributed by atoms with E-state index in [9.17, 15) is 19.5 Å². The molecule has 0 aromatic heterocycles. The summed E-state index contributed by atoms with van der Waals surface area (Å²) in [6, 6.07) is 0. The summed E-state index contributed by atoms with van der Waals surface area (Å²) in [5, 5.41) is 10.7. The summed E-state index contributed by atoms with van der Waals surface area (Å²) in [6.07, 6.45) is 9.77. The average Bonchev–Trinajstić information content (AvgIpc) is 3.45. The first-order chi connectivity index (χ1) is 17.4. The Kier molecular flexibility index (Phi) is 5.84. The maximum absolute atomic E-state index is 13.3. The number of fused-ring (bicyclic) bond motifs is 5. The summed E-state index contributed by atoms with van der Waals surface area (Å²) in [5.74, 6) is 0.559. The maximum atomic E-state index is 13.3. The first-order valence-electron chi connectivity index (χ1n) is 14.6. The van der Waals surface area contributed by atoms with Gasteiger partial charge >= 0.3 is 17.9 Å². The lowest BCUT2D eigenvalue weighted by atomic mass is 9.48. The first-order valence-corrected chi connectivity index (χ1v) is 14.6. The second kappa shape index (κ2) is 8.43. The third-order valence-electron chi connectivity index (χ3n) is 11.4. The Labute approximate surface area is 220 Å². The van der Waals surface area contributed by atoms with Crippen molar-refractivity contribution < 1.29 is 33.7 Å². The minimum absolute atomic E-state index is 0.155. The van der Waals surface area contributed by atoms with Gasteiger partial charge in [0, 0.05) is 12.3 Å². The van der Waals surface area contributed by atoms with Crippen LogP contribution in [0.2, 0.25) is 0 Å². The summed E-state index contributed by atoms with van der Waals surface area (Å²) in [4.78, 5) is 39.3. The highest BCUT2D eigenvalue weighted by Gasteiger charge is 2.65. The van der Waals surface area contributed by atoms with Crippen molar-refractivity contribution in [2.45, 2.75) is 115 Å². The lowest BCUT2D eigenvalue weighted by molar-refractivity contribution is -0.214. The molecule has 0 saturated heterocycles. The summed E-state index contributed by atoms with van der Waals surface area (Å²) in [6.45, 7) is 5.60. The lowest BCUT2D eigenvalue weighted by Gasteiger charge is -2.59. The average molecular weight is 517 g/mol. The SMILES string of the molecule is COC(=O)C12CC3CC(CC(OC(=O)C(C)CC(C)C(=O)OC45CCC(C4)C4CC(C)(O)CC45)(C3)C1)C2. The van der Waals surface area contributed by atoms with Crippen molar-refractivity contribution in [3.05, 3.63) is 0 Å². The zero-order valence-corrected chi connectivity index (χ0v) is 22.9. The van der Waals surface area contributed by atoms with Crippen LogP contribution in [0.25, 0.3) is 0 Å². The molecule has 9 atom stereocenters. The summed E-state index contributed by atoms with van der Waals surface area (Å²) >= 11 is 0. The van der Waals surface area contributed by atoms with Crippen LogP contribution >= 0.6 is 0 Å². The Bertz CT molecular complexity index is 972. The van der Waals surface area contributed by atoms with Gasteiger partial charge in [0.1, 0.15) is 11.2 Å². The van der Waals surface area contributed by atoms with Gasteiger partial charge in [-0.25, -0.2) is 0 Å². The molecular weight excluding hydrogens is 472 g/mol. The molecule has 7 fully saturated rings. The van der Waals surface area contributed by atoms with E-state index in [1.807, 2.05) is 20.8 Å². The van der Waals surface area contributed by atoms with Crippen LogP contribution in [0.1, 0.15) is 97.8 Å². The molecule has 37 heavy (non-hydrogen) atoms. The molecule has 7 rings (SSSR count). The Morgan fingerprint density at radius 1 is 0.919 bits per heavy atom.